The standard InChI is InChI=1S/C25H18F5N5O2S/c26-17-7-3-5-15(11-17)23(37)31-13-21-33-34-24(35(21)18-8-4-6-16(12-18)25(28,29)30)38-14-22(36)32-20-10-2-1-9-19(20)27/h1-12H,13-14H2,(H,31,37)(H,32,36). The molecule has 2 N–H and O–H groups in total. The van der Waals surface area contributed by atoms with Crippen molar-refractivity contribution in [1.29, 1.82) is 0 Å². The van der Waals surface area contributed by atoms with Gasteiger partial charge in [0.1, 0.15) is 11.6 Å². The highest BCUT2D eigenvalue weighted by Crippen LogP contribution is 2.31. The van der Waals surface area contributed by atoms with E-state index in [1.807, 2.05) is 0 Å². The molecule has 0 aliphatic carbocycles. The summed E-state index contributed by atoms with van der Waals surface area (Å²) in [5.74, 6) is -2.67. The summed E-state index contributed by atoms with van der Waals surface area (Å²) in [4.78, 5) is 24.8. The Morgan fingerprint density at radius 2 is 1.68 bits per heavy atom. The number of amides is 2. The van der Waals surface area contributed by atoms with Crippen LogP contribution in [0.5, 0.6) is 0 Å². The van der Waals surface area contributed by atoms with E-state index in [0.717, 1.165) is 30.0 Å². The molecule has 0 spiro atoms. The van der Waals surface area contributed by atoms with Crippen LogP contribution in [0.4, 0.5) is 27.6 Å². The Labute approximate surface area is 217 Å². The fourth-order valence-electron chi connectivity index (χ4n) is 3.36. The molecule has 196 valence electrons. The van der Waals surface area contributed by atoms with Crippen molar-refractivity contribution in [2.75, 3.05) is 11.1 Å². The number of hydrogen-bond acceptors (Lipinski definition) is 5. The zero-order valence-corrected chi connectivity index (χ0v) is 20.1. The SMILES string of the molecule is O=C(CSc1nnc(CNC(=O)c2cccc(F)c2)n1-c1cccc(C(F)(F)F)c1)Nc1ccccc1F. The maximum atomic E-state index is 13.8. The molecule has 0 radical (unpaired) electrons. The molecule has 2 amide bonds. The lowest BCUT2D eigenvalue weighted by molar-refractivity contribution is -0.137. The van der Waals surface area contributed by atoms with Gasteiger partial charge in [-0.05, 0) is 48.5 Å². The van der Waals surface area contributed by atoms with Gasteiger partial charge in [-0.1, -0.05) is 36.0 Å². The Kier molecular flexibility index (Phi) is 8.05. The molecule has 13 heteroatoms. The van der Waals surface area contributed by atoms with Crippen molar-refractivity contribution in [2.45, 2.75) is 17.9 Å². The molecule has 0 saturated carbocycles. The van der Waals surface area contributed by atoms with Crippen molar-refractivity contribution in [1.82, 2.24) is 20.1 Å². The number of hydrogen-bond donors (Lipinski definition) is 2. The highest BCUT2D eigenvalue weighted by Gasteiger charge is 2.31. The Bertz CT molecular complexity index is 1470. The van der Waals surface area contributed by atoms with Gasteiger partial charge in [0.05, 0.1) is 29.2 Å². The predicted molar refractivity (Wildman–Crippen MR) is 130 cm³/mol. The van der Waals surface area contributed by atoms with Crippen molar-refractivity contribution in [3.05, 3.63) is 101 Å². The smallest absolute Gasteiger partial charge is 0.345 e. The number of carbonyl (C=O) groups is 2. The number of benzene rings is 3. The summed E-state index contributed by atoms with van der Waals surface area (Å²) in [5, 5.41) is 13.0. The summed E-state index contributed by atoms with van der Waals surface area (Å²) in [6.07, 6.45) is -4.62. The quantitative estimate of drug-likeness (QED) is 0.233. The number of carbonyl (C=O) groups excluding carboxylic acids is 2. The number of halogens is 5. The Hall–Kier alpha value is -4.26. The van der Waals surface area contributed by atoms with E-state index in [9.17, 15) is 31.5 Å². The highest BCUT2D eigenvalue weighted by atomic mass is 32.2. The first-order valence-corrected chi connectivity index (χ1v) is 11.9. The molecule has 0 atom stereocenters. The number of aromatic nitrogens is 3. The molecule has 0 aliphatic rings. The highest BCUT2D eigenvalue weighted by molar-refractivity contribution is 7.99. The van der Waals surface area contributed by atoms with Crippen molar-refractivity contribution in [3.8, 4) is 5.69 Å². The van der Waals surface area contributed by atoms with E-state index >= 15 is 0 Å². The van der Waals surface area contributed by atoms with Crippen LogP contribution in [0.25, 0.3) is 5.69 Å². The largest absolute Gasteiger partial charge is 0.416 e. The van der Waals surface area contributed by atoms with E-state index < -0.39 is 35.2 Å². The van der Waals surface area contributed by atoms with Gasteiger partial charge in [0, 0.05) is 5.56 Å². The van der Waals surface area contributed by atoms with Gasteiger partial charge in [0.15, 0.2) is 11.0 Å². The van der Waals surface area contributed by atoms with Gasteiger partial charge in [-0.25, -0.2) is 8.78 Å². The maximum Gasteiger partial charge on any atom is 0.416 e. The lowest BCUT2D eigenvalue weighted by atomic mass is 10.2. The molecule has 38 heavy (non-hydrogen) atoms. The summed E-state index contributed by atoms with van der Waals surface area (Å²) >= 11 is 0.853. The van der Waals surface area contributed by atoms with Gasteiger partial charge in [-0.3, -0.25) is 14.2 Å². The number of thioether (sulfide) groups is 1. The second kappa shape index (κ2) is 11.4. The van der Waals surface area contributed by atoms with Gasteiger partial charge in [-0.2, -0.15) is 13.2 Å². The minimum atomic E-state index is -4.62. The number of rotatable bonds is 8. The molecule has 3 aromatic carbocycles. The van der Waals surface area contributed by atoms with Crippen LogP contribution in [0.1, 0.15) is 21.7 Å². The van der Waals surface area contributed by atoms with Crippen LogP contribution in [0, 0.1) is 11.6 Å². The first kappa shape index (κ1) is 26.8. The summed E-state index contributed by atoms with van der Waals surface area (Å²) in [6.45, 7) is -0.263. The van der Waals surface area contributed by atoms with Crippen molar-refractivity contribution < 1.29 is 31.5 Å². The molecule has 0 aliphatic heterocycles. The zero-order chi connectivity index (χ0) is 27.3. The first-order chi connectivity index (χ1) is 18.1. The van der Waals surface area contributed by atoms with Crippen LogP contribution in [0.2, 0.25) is 0 Å². The molecule has 4 aromatic rings. The fourth-order valence-corrected chi connectivity index (χ4v) is 4.13. The minimum absolute atomic E-state index is 0.0294. The molecular formula is C25H18F5N5O2S. The average Bonchev–Trinajstić information content (AvgIpc) is 3.30. The van der Waals surface area contributed by atoms with Crippen LogP contribution in [-0.2, 0) is 17.5 Å². The zero-order valence-electron chi connectivity index (χ0n) is 19.3. The lowest BCUT2D eigenvalue weighted by Gasteiger charge is -2.13. The third kappa shape index (κ3) is 6.54. The van der Waals surface area contributed by atoms with Crippen LogP contribution < -0.4 is 10.6 Å². The fraction of sp³-hybridized carbons (Fsp3) is 0.120. The number of para-hydroxylation sites is 1. The van der Waals surface area contributed by atoms with Crippen LogP contribution in [-0.4, -0.2) is 32.3 Å². The molecule has 4 rings (SSSR count). The molecule has 0 bridgehead atoms. The van der Waals surface area contributed by atoms with Crippen molar-refractivity contribution in [2.24, 2.45) is 0 Å². The number of nitrogens with zero attached hydrogens (tertiary/aromatic N) is 3. The molecule has 1 heterocycles. The van der Waals surface area contributed by atoms with E-state index in [1.165, 1.54) is 53.1 Å². The van der Waals surface area contributed by atoms with Gasteiger partial charge in [-0.15, -0.1) is 10.2 Å². The van der Waals surface area contributed by atoms with Gasteiger partial charge < -0.3 is 10.6 Å². The van der Waals surface area contributed by atoms with Crippen LogP contribution >= 0.6 is 11.8 Å². The molecule has 1 aromatic heterocycles. The summed E-state index contributed by atoms with van der Waals surface area (Å²) < 4.78 is 68.7. The average molecular weight is 548 g/mol. The van der Waals surface area contributed by atoms with Gasteiger partial charge >= 0.3 is 6.18 Å². The molecule has 0 unspecified atom stereocenters. The minimum Gasteiger partial charge on any atom is -0.345 e. The summed E-state index contributed by atoms with van der Waals surface area (Å²) in [6, 6.07) is 14.9. The second-order valence-corrected chi connectivity index (χ2v) is 8.73. The molecule has 0 saturated heterocycles. The van der Waals surface area contributed by atoms with Crippen LogP contribution in [0.15, 0.2) is 78.0 Å². The molecule has 0 fully saturated rings. The van der Waals surface area contributed by atoms with Crippen LogP contribution in [0.3, 0.4) is 0 Å². The third-order valence-corrected chi connectivity index (χ3v) is 6.04. The second-order valence-electron chi connectivity index (χ2n) is 7.79. The monoisotopic (exact) mass is 547 g/mol. The van der Waals surface area contributed by atoms with Crippen molar-refractivity contribution >= 4 is 29.3 Å². The summed E-state index contributed by atoms with van der Waals surface area (Å²) in [5.41, 5.74) is -0.878. The molecular weight excluding hydrogens is 529 g/mol. The Morgan fingerprint density at radius 3 is 2.42 bits per heavy atom. The van der Waals surface area contributed by atoms with E-state index in [-0.39, 0.29) is 40.2 Å². The number of anilines is 1. The van der Waals surface area contributed by atoms with E-state index in [2.05, 4.69) is 20.8 Å². The predicted octanol–water partition coefficient (Wildman–Crippen LogP) is 5.23. The maximum absolute atomic E-state index is 13.8. The molecule has 7 nitrogen and oxygen atoms in total. The van der Waals surface area contributed by atoms with E-state index in [4.69, 9.17) is 0 Å². The van der Waals surface area contributed by atoms with Gasteiger partial charge in [0.25, 0.3) is 5.91 Å². The van der Waals surface area contributed by atoms with Gasteiger partial charge in [0.2, 0.25) is 5.91 Å². The lowest BCUT2D eigenvalue weighted by Crippen LogP contribution is -2.25. The Morgan fingerprint density at radius 1 is 0.921 bits per heavy atom. The number of nitrogens with one attached hydrogen (secondary N) is 2. The van der Waals surface area contributed by atoms with E-state index in [0.29, 0.717) is 0 Å². The van der Waals surface area contributed by atoms with E-state index in [1.54, 1.807) is 6.07 Å². The Balaban J connectivity index is 1.58. The first-order valence-electron chi connectivity index (χ1n) is 10.9. The number of alkyl halides is 3. The third-order valence-electron chi connectivity index (χ3n) is 5.11. The normalized spacial score (nSPS) is 11.3. The summed E-state index contributed by atoms with van der Waals surface area (Å²) in [7, 11) is 0. The topological polar surface area (TPSA) is 88.9 Å². The van der Waals surface area contributed by atoms with Crippen molar-refractivity contribution in [3.63, 3.8) is 0 Å².